The minimum Gasteiger partial charge on any atom is -0.441 e. The first-order chi connectivity index (χ1) is 14.2. The fourth-order valence-electron chi connectivity index (χ4n) is 2.82. The number of benzene rings is 1. The third kappa shape index (κ3) is 4.70. The number of aryl methyl sites for hydroxylation is 1. The summed E-state index contributed by atoms with van der Waals surface area (Å²) in [6.45, 7) is 0.409. The van der Waals surface area contributed by atoms with Crippen LogP contribution in [0, 0.1) is 0 Å². The van der Waals surface area contributed by atoms with Crippen LogP contribution < -0.4 is 5.32 Å². The molecule has 0 aliphatic carbocycles. The van der Waals surface area contributed by atoms with Crippen molar-refractivity contribution in [1.29, 1.82) is 0 Å². The third-order valence-corrected chi connectivity index (χ3v) is 4.63. The molecule has 3 aromatic heterocycles. The Hall–Kier alpha value is -3.45. The highest BCUT2D eigenvalue weighted by Crippen LogP contribution is 2.28. The number of aromatic nitrogens is 4. The zero-order valence-electron chi connectivity index (χ0n) is 15.5. The van der Waals surface area contributed by atoms with E-state index in [1.807, 2.05) is 42.6 Å². The van der Waals surface area contributed by atoms with Gasteiger partial charge in [0, 0.05) is 43.5 Å². The Morgan fingerprint density at radius 1 is 1.14 bits per heavy atom. The van der Waals surface area contributed by atoms with E-state index in [2.05, 4.69) is 20.4 Å². The van der Waals surface area contributed by atoms with Crippen molar-refractivity contribution >= 4 is 17.5 Å². The normalized spacial score (nSPS) is 10.8. The molecule has 1 aromatic carbocycles. The molecule has 0 saturated carbocycles. The van der Waals surface area contributed by atoms with E-state index in [1.54, 1.807) is 29.3 Å². The van der Waals surface area contributed by atoms with Crippen molar-refractivity contribution in [2.75, 3.05) is 0 Å². The van der Waals surface area contributed by atoms with Gasteiger partial charge in [-0.15, -0.1) is 0 Å². The average Bonchev–Trinajstić information content (AvgIpc) is 3.44. The van der Waals surface area contributed by atoms with E-state index in [1.165, 1.54) is 0 Å². The van der Waals surface area contributed by atoms with Gasteiger partial charge in [-0.1, -0.05) is 23.7 Å². The molecule has 0 bridgehead atoms. The van der Waals surface area contributed by atoms with E-state index >= 15 is 0 Å². The molecule has 29 heavy (non-hydrogen) atoms. The highest BCUT2D eigenvalue weighted by Gasteiger charge is 2.11. The van der Waals surface area contributed by atoms with Crippen LogP contribution in [-0.2, 0) is 17.8 Å². The third-order valence-electron chi connectivity index (χ3n) is 4.30. The molecule has 0 fully saturated rings. The van der Waals surface area contributed by atoms with Gasteiger partial charge in [-0.2, -0.15) is 5.10 Å². The van der Waals surface area contributed by atoms with Crippen molar-refractivity contribution in [3.8, 4) is 17.1 Å². The minimum atomic E-state index is -0.0834. The van der Waals surface area contributed by atoms with Gasteiger partial charge in [0.25, 0.3) is 0 Å². The smallest absolute Gasteiger partial charge is 0.220 e. The van der Waals surface area contributed by atoms with Gasteiger partial charge in [-0.3, -0.25) is 4.79 Å². The van der Waals surface area contributed by atoms with Gasteiger partial charge in [0.05, 0.1) is 11.2 Å². The fraction of sp³-hybridized carbons (Fsp3) is 0.143. The lowest BCUT2D eigenvalue weighted by Gasteiger charge is -2.06. The maximum atomic E-state index is 12.2. The van der Waals surface area contributed by atoms with Gasteiger partial charge < -0.3 is 9.73 Å². The van der Waals surface area contributed by atoms with E-state index in [4.69, 9.17) is 16.0 Å². The van der Waals surface area contributed by atoms with Crippen LogP contribution in [0.15, 0.2) is 71.7 Å². The lowest BCUT2D eigenvalue weighted by atomic mass is 10.2. The molecule has 0 radical (unpaired) electrons. The maximum absolute atomic E-state index is 12.2. The van der Waals surface area contributed by atoms with Crippen LogP contribution >= 0.6 is 11.6 Å². The molecule has 7 nitrogen and oxygen atoms in total. The number of pyridine rings is 1. The summed E-state index contributed by atoms with van der Waals surface area (Å²) in [7, 11) is 0. The topological polar surface area (TPSA) is 85.8 Å². The van der Waals surface area contributed by atoms with Gasteiger partial charge in [0.1, 0.15) is 0 Å². The Morgan fingerprint density at radius 2 is 2.03 bits per heavy atom. The highest BCUT2D eigenvalue weighted by molar-refractivity contribution is 6.33. The predicted octanol–water partition coefficient (Wildman–Crippen LogP) is 3.82. The molecule has 4 aromatic rings. The molecular weight excluding hydrogens is 390 g/mol. The zero-order valence-corrected chi connectivity index (χ0v) is 16.2. The summed E-state index contributed by atoms with van der Waals surface area (Å²) in [5.74, 6) is 1.71. The number of rotatable bonds is 7. The van der Waals surface area contributed by atoms with Crippen molar-refractivity contribution in [2.24, 2.45) is 0 Å². The Labute approximate surface area is 172 Å². The molecular formula is C21H18ClN5O2. The van der Waals surface area contributed by atoms with Crippen molar-refractivity contribution in [2.45, 2.75) is 19.4 Å². The number of hydrogen-bond acceptors (Lipinski definition) is 5. The molecule has 4 rings (SSSR count). The summed E-state index contributed by atoms with van der Waals surface area (Å²) in [6.07, 6.45) is 7.52. The molecule has 0 aliphatic heterocycles. The molecule has 8 heteroatoms. The Balaban J connectivity index is 1.30. The van der Waals surface area contributed by atoms with Crippen LogP contribution in [0.2, 0.25) is 5.02 Å². The molecule has 146 valence electrons. The van der Waals surface area contributed by atoms with Gasteiger partial charge >= 0.3 is 0 Å². The van der Waals surface area contributed by atoms with E-state index in [-0.39, 0.29) is 12.3 Å². The first kappa shape index (κ1) is 18.9. The molecule has 0 aliphatic rings. The first-order valence-corrected chi connectivity index (χ1v) is 9.48. The van der Waals surface area contributed by atoms with Gasteiger partial charge in [-0.25, -0.2) is 14.6 Å². The quantitative estimate of drug-likeness (QED) is 0.503. The lowest BCUT2D eigenvalue weighted by molar-refractivity contribution is -0.121. The summed E-state index contributed by atoms with van der Waals surface area (Å²) >= 11 is 6.18. The second kappa shape index (κ2) is 8.70. The second-order valence-corrected chi connectivity index (χ2v) is 6.75. The Kier molecular flexibility index (Phi) is 5.67. The second-order valence-electron chi connectivity index (χ2n) is 6.35. The number of amides is 1. The summed E-state index contributed by atoms with van der Waals surface area (Å²) < 4.78 is 7.40. The van der Waals surface area contributed by atoms with Crippen LogP contribution in [0.1, 0.15) is 17.9 Å². The molecule has 3 heterocycles. The lowest BCUT2D eigenvalue weighted by Crippen LogP contribution is -2.23. The SMILES string of the molecule is O=C(CCc1ncc(-c2ccccc2Cl)o1)NCc1ccnc(-n2cccn2)c1. The summed E-state index contributed by atoms with van der Waals surface area (Å²) in [5.41, 5.74) is 1.72. The van der Waals surface area contributed by atoms with Crippen LogP contribution in [-0.4, -0.2) is 25.7 Å². The molecule has 0 saturated heterocycles. The molecule has 1 N–H and O–H groups in total. The number of nitrogens with zero attached hydrogens (tertiary/aromatic N) is 4. The summed E-state index contributed by atoms with van der Waals surface area (Å²) in [4.78, 5) is 20.7. The van der Waals surface area contributed by atoms with Crippen molar-refractivity contribution in [3.63, 3.8) is 0 Å². The first-order valence-electron chi connectivity index (χ1n) is 9.10. The van der Waals surface area contributed by atoms with Crippen LogP contribution in [0.3, 0.4) is 0 Å². The average molecular weight is 408 g/mol. The molecule has 1 amide bonds. The predicted molar refractivity (Wildman–Crippen MR) is 108 cm³/mol. The van der Waals surface area contributed by atoms with E-state index in [0.717, 1.165) is 11.1 Å². The number of halogens is 1. The minimum absolute atomic E-state index is 0.0834. The van der Waals surface area contributed by atoms with E-state index in [0.29, 0.717) is 35.5 Å². The van der Waals surface area contributed by atoms with Crippen LogP contribution in [0.5, 0.6) is 0 Å². The van der Waals surface area contributed by atoms with Gasteiger partial charge in [-0.05, 0) is 35.9 Å². The van der Waals surface area contributed by atoms with Crippen molar-refractivity contribution in [3.05, 3.63) is 83.7 Å². The number of oxazole rings is 1. The number of hydrogen-bond donors (Lipinski definition) is 1. The number of carbonyl (C=O) groups excluding carboxylic acids is 1. The van der Waals surface area contributed by atoms with Crippen LogP contribution in [0.25, 0.3) is 17.1 Å². The highest BCUT2D eigenvalue weighted by atomic mass is 35.5. The monoisotopic (exact) mass is 407 g/mol. The Morgan fingerprint density at radius 3 is 2.86 bits per heavy atom. The van der Waals surface area contributed by atoms with Crippen molar-refractivity contribution in [1.82, 2.24) is 25.1 Å². The van der Waals surface area contributed by atoms with Gasteiger partial charge in [0.2, 0.25) is 5.91 Å². The van der Waals surface area contributed by atoms with E-state index in [9.17, 15) is 4.79 Å². The number of carbonyl (C=O) groups is 1. The molecule has 0 unspecified atom stereocenters. The number of nitrogens with one attached hydrogen (secondary N) is 1. The largest absolute Gasteiger partial charge is 0.441 e. The van der Waals surface area contributed by atoms with Crippen LogP contribution in [0.4, 0.5) is 0 Å². The fourth-order valence-corrected chi connectivity index (χ4v) is 3.05. The molecule has 0 atom stereocenters. The summed E-state index contributed by atoms with van der Waals surface area (Å²) in [6, 6.07) is 13.0. The zero-order chi connectivity index (χ0) is 20.1. The standard InChI is InChI=1S/C21H18ClN5O2/c22-17-5-2-1-4-16(17)18-14-25-21(29-18)7-6-20(28)24-13-15-8-10-23-19(12-15)27-11-3-9-26-27/h1-5,8-12,14H,6-7,13H2,(H,24,28). The Bertz CT molecular complexity index is 1110. The van der Waals surface area contributed by atoms with E-state index < -0.39 is 0 Å². The van der Waals surface area contributed by atoms with Gasteiger partial charge in [0.15, 0.2) is 17.5 Å². The molecule has 0 spiro atoms. The summed E-state index contributed by atoms with van der Waals surface area (Å²) in [5, 5.41) is 7.66. The maximum Gasteiger partial charge on any atom is 0.220 e. The van der Waals surface area contributed by atoms with Crippen molar-refractivity contribution < 1.29 is 9.21 Å².